The van der Waals surface area contributed by atoms with Crippen molar-refractivity contribution in [2.24, 2.45) is 5.92 Å². The van der Waals surface area contributed by atoms with Gasteiger partial charge >= 0.3 is 6.18 Å². The van der Waals surface area contributed by atoms with Gasteiger partial charge in [-0.05, 0) is 0 Å². The third kappa shape index (κ3) is 2.33. The van der Waals surface area contributed by atoms with Gasteiger partial charge in [-0.15, -0.1) is 0 Å². The number of carbonyl (C=O) groups excluding carboxylic acids is 1. The van der Waals surface area contributed by atoms with E-state index in [1.54, 1.807) is 6.92 Å². The fourth-order valence-electron chi connectivity index (χ4n) is 1.12. The minimum absolute atomic E-state index is 0.364. The fourth-order valence-corrected chi connectivity index (χ4v) is 1.73. The second-order valence-corrected chi connectivity index (χ2v) is 4.12. The van der Waals surface area contributed by atoms with Crippen LogP contribution in [0.3, 0.4) is 0 Å². The molecule has 0 aromatic carbocycles. The Kier molecular flexibility index (Phi) is 2.85. The summed E-state index contributed by atoms with van der Waals surface area (Å²) in [6, 6.07) is 0. The van der Waals surface area contributed by atoms with Crippen molar-refractivity contribution < 1.29 is 18.0 Å². The number of hydrogen-bond donors (Lipinski definition) is 0. The van der Waals surface area contributed by atoms with E-state index in [1.807, 2.05) is 0 Å². The summed E-state index contributed by atoms with van der Waals surface area (Å²) in [5, 5.41) is 0. The van der Waals surface area contributed by atoms with Crippen LogP contribution in [0.25, 0.3) is 0 Å². The first-order chi connectivity index (χ1) is 5.82. The van der Waals surface area contributed by atoms with Crippen LogP contribution in [0, 0.1) is 5.92 Å². The standard InChI is InChI=1S/C8H8BrF3O/c1-4-6(9)2-5(3-7(4)13)8(10,11)12/h2,4,6H,3H2,1H3. The van der Waals surface area contributed by atoms with Crippen LogP contribution in [0.5, 0.6) is 0 Å². The average molecular weight is 257 g/mol. The fraction of sp³-hybridized carbons (Fsp3) is 0.625. The zero-order valence-electron chi connectivity index (χ0n) is 6.86. The van der Waals surface area contributed by atoms with Crippen LogP contribution < -0.4 is 0 Å². The number of carbonyl (C=O) groups is 1. The van der Waals surface area contributed by atoms with Gasteiger partial charge in [0.2, 0.25) is 0 Å². The quantitative estimate of drug-likeness (QED) is 0.481. The second kappa shape index (κ2) is 3.44. The lowest BCUT2D eigenvalue weighted by Crippen LogP contribution is -2.29. The smallest absolute Gasteiger partial charge is 0.299 e. The van der Waals surface area contributed by atoms with Crippen LogP contribution in [-0.4, -0.2) is 16.8 Å². The molecule has 0 radical (unpaired) electrons. The number of allylic oxidation sites excluding steroid dienone is 2. The lowest BCUT2D eigenvalue weighted by atomic mass is 9.89. The van der Waals surface area contributed by atoms with Crippen LogP contribution in [0.15, 0.2) is 11.6 Å². The topological polar surface area (TPSA) is 17.1 Å². The van der Waals surface area contributed by atoms with E-state index in [0.717, 1.165) is 6.08 Å². The number of Topliss-reactive ketones (excluding diaryl/α,β-unsaturated/α-hetero) is 1. The summed E-state index contributed by atoms with van der Waals surface area (Å²) >= 11 is 3.03. The highest BCUT2D eigenvalue weighted by molar-refractivity contribution is 9.09. The Morgan fingerprint density at radius 1 is 1.54 bits per heavy atom. The summed E-state index contributed by atoms with van der Waals surface area (Å²) in [5.74, 6) is -0.734. The molecule has 1 aliphatic carbocycles. The highest BCUT2D eigenvalue weighted by Gasteiger charge is 2.39. The Hall–Kier alpha value is -0.320. The van der Waals surface area contributed by atoms with Crippen molar-refractivity contribution in [1.29, 1.82) is 0 Å². The van der Waals surface area contributed by atoms with Crippen molar-refractivity contribution in [2.45, 2.75) is 24.3 Å². The Labute approximate surface area is 82.1 Å². The summed E-state index contributed by atoms with van der Waals surface area (Å²) in [6.45, 7) is 1.62. The van der Waals surface area contributed by atoms with Gasteiger partial charge in [-0.2, -0.15) is 13.2 Å². The van der Waals surface area contributed by atoms with Crippen LogP contribution in [0.4, 0.5) is 13.2 Å². The molecule has 1 rings (SSSR count). The summed E-state index contributed by atoms with van der Waals surface area (Å²) in [5.41, 5.74) is -0.738. The van der Waals surface area contributed by atoms with Crippen LogP contribution in [0.2, 0.25) is 0 Å². The summed E-state index contributed by atoms with van der Waals surface area (Å²) < 4.78 is 36.5. The van der Waals surface area contributed by atoms with E-state index < -0.39 is 23.0 Å². The van der Waals surface area contributed by atoms with Gasteiger partial charge in [0.25, 0.3) is 0 Å². The molecule has 0 saturated heterocycles. The van der Waals surface area contributed by atoms with Gasteiger partial charge in [-0.1, -0.05) is 28.9 Å². The molecule has 0 fully saturated rings. The van der Waals surface area contributed by atoms with Crippen LogP contribution in [-0.2, 0) is 4.79 Å². The van der Waals surface area contributed by atoms with Crippen molar-refractivity contribution in [3.05, 3.63) is 11.6 Å². The monoisotopic (exact) mass is 256 g/mol. The maximum Gasteiger partial charge on any atom is 0.412 e. The summed E-state index contributed by atoms with van der Waals surface area (Å²) in [4.78, 5) is 10.6. The van der Waals surface area contributed by atoms with E-state index in [4.69, 9.17) is 0 Å². The third-order valence-corrected chi connectivity index (χ3v) is 3.13. The van der Waals surface area contributed by atoms with Gasteiger partial charge in [0.15, 0.2) is 0 Å². The molecule has 5 heteroatoms. The van der Waals surface area contributed by atoms with E-state index in [-0.39, 0.29) is 11.7 Å². The van der Waals surface area contributed by atoms with Gasteiger partial charge in [0.1, 0.15) is 5.78 Å². The van der Waals surface area contributed by atoms with Crippen molar-refractivity contribution in [3.63, 3.8) is 0 Å². The number of rotatable bonds is 0. The van der Waals surface area contributed by atoms with E-state index in [2.05, 4.69) is 15.9 Å². The predicted molar refractivity (Wildman–Crippen MR) is 45.6 cm³/mol. The van der Waals surface area contributed by atoms with Gasteiger partial charge in [0.05, 0.1) is 0 Å². The first-order valence-corrected chi connectivity index (χ1v) is 4.68. The maximum absolute atomic E-state index is 12.2. The first-order valence-electron chi connectivity index (χ1n) is 3.77. The SMILES string of the molecule is CC1C(=O)CC(C(F)(F)F)=CC1Br. The van der Waals surface area contributed by atoms with Crippen LogP contribution >= 0.6 is 15.9 Å². The van der Waals surface area contributed by atoms with Gasteiger partial charge in [-0.25, -0.2) is 0 Å². The Balaban J connectivity index is 2.92. The van der Waals surface area contributed by atoms with Crippen molar-refractivity contribution >= 4 is 21.7 Å². The zero-order valence-corrected chi connectivity index (χ0v) is 8.45. The molecule has 1 aliphatic rings. The normalized spacial score (nSPS) is 30.2. The molecule has 0 aromatic rings. The molecule has 0 N–H and O–H groups in total. The highest BCUT2D eigenvalue weighted by Crippen LogP contribution is 2.35. The molecule has 13 heavy (non-hydrogen) atoms. The Morgan fingerprint density at radius 3 is 2.46 bits per heavy atom. The van der Waals surface area contributed by atoms with E-state index in [0.29, 0.717) is 0 Å². The maximum atomic E-state index is 12.2. The number of alkyl halides is 4. The van der Waals surface area contributed by atoms with Gasteiger partial charge in [-0.3, -0.25) is 4.79 Å². The minimum atomic E-state index is -4.37. The first kappa shape index (κ1) is 10.8. The van der Waals surface area contributed by atoms with Crippen molar-refractivity contribution in [3.8, 4) is 0 Å². The van der Waals surface area contributed by atoms with Crippen molar-refractivity contribution in [2.75, 3.05) is 0 Å². The Morgan fingerprint density at radius 2 is 2.08 bits per heavy atom. The largest absolute Gasteiger partial charge is 0.412 e. The summed E-state index contributed by atoms with van der Waals surface area (Å²) in [6.07, 6.45) is -3.79. The van der Waals surface area contributed by atoms with E-state index >= 15 is 0 Å². The van der Waals surface area contributed by atoms with Gasteiger partial charge < -0.3 is 0 Å². The zero-order chi connectivity index (χ0) is 10.2. The minimum Gasteiger partial charge on any atom is -0.299 e. The van der Waals surface area contributed by atoms with Crippen molar-refractivity contribution in [1.82, 2.24) is 0 Å². The third-order valence-electron chi connectivity index (χ3n) is 2.07. The molecule has 0 aliphatic heterocycles. The number of hydrogen-bond acceptors (Lipinski definition) is 1. The average Bonchev–Trinajstić information content (AvgIpc) is 1.97. The molecule has 0 saturated carbocycles. The second-order valence-electron chi connectivity index (χ2n) is 3.07. The molecule has 1 nitrogen and oxygen atoms in total. The number of ketones is 1. The molecule has 0 heterocycles. The predicted octanol–water partition coefficient (Wildman–Crippen LogP) is 2.85. The van der Waals surface area contributed by atoms with Crippen LogP contribution in [0.1, 0.15) is 13.3 Å². The molecular formula is C8H8BrF3O. The Bertz CT molecular complexity index is 257. The molecule has 0 spiro atoms. The molecule has 0 aromatic heterocycles. The lowest BCUT2D eigenvalue weighted by molar-refractivity contribution is -0.127. The highest BCUT2D eigenvalue weighted by atomic mass is 79.9. The van der Waals surface area contributed by atoms with E-state index in [9.17, 15) is 18.0 Å². The number of halogens is 4. The molecule has 74 valence electrons. The summed E-state index contributed by atoms with van der Waals surface area (Å²) in [7, 11) is 0. The molecule has 2 unspecified atom stereocenters. The lowest BCUT2D eigenvalue weighted by Gasteiger charge is -2.23. The molecule has 0 bridgehead atoms. The van der Waals surface area contributed by atoms with E-state index in [1.165, 1.54) is 0 Å². The molecule has 0 amide bonds. The van der Waals surface area contributed by atoms with Gasteiger partial charge in [0, 0.05) is 22.7 Å². The molecular weight excluding hydrogens is 249 g/mol. The molecule has 2 atom stereocenters.